The summed E-state index contributed by atoms with van der Waals surface area (Å²) in [5, 5.41) is 8.01. The van der Waals surface area contributed by atoms with E-state index in [2.05, 4.69) is 0 Å². The summed E-state index contributed by atoms with van der Waals surface area (Å²) >= 11 is 130. The van der Waals surface area contributed by atoms with Crippen molar-refractivity contribution in [3.63, 3.8) is 0 Å². The summed E-state index contributed by atoms with van der Waals surface area (Å²) in [6.45, 7) is -0.433. The van der Waals surface area contributed by atoms with Gasteiger partial charge in [0.25, 0.3) is 0 Å². The van der Waals surface area contributed by atoms with Crippen LogP contribution in [0.3, 0.4) is 0 Å². The molecular weight excluding hydrogens is 1090 g/mol. The van der Waals surface area contributed by atoms with E-state index in [-0.39, 0.29) is 0 Å². The van der Waals surface area contributed by atoms with E-state index in [1.54, 1.807) is 0 Å². The summed E-state index contributed by atoms with van der Waals surface area (Å²) in [5.74, 6) is 0. The van der Waals surface area contributed by atoms with E-state index in [9.17, 15) is 0 Å². The first kappa shape index (κ1) is 67.9. The van der Waals surface area contributed by atoms with Crippen molar-refractivity contribution >= 4 is 313 Å². The van der Waals surface area contributed by atoms with Gasteiger partial charge in [0.1, 0.15) is 0 Å². The van der Waals surface area contributed by atoms with Gasteiger partial charge in [-0.3, -0.25) is 0 Å². The highest BCUT2D eigenvalue weighted by Gasteiger charge is 2.16. The maximum atomic E-state index is 8.01. The van der Waals surface area contributed by atoms with Gasteiger partial charge in [-0.15, -0.1) is 0 Å². The van der Waals surface area contributed by atoms with E-state index in [4.69, 9.17) is 318 Å². The van der Waals surface area contributed by atoms with Crippen molar-refractivity contribution in [1.29, 1.82) is 0 Å². The van der Waals surface area contributed by atoms with Crippen molar-refractivity contribution in [2.75, 3.05) is 6.61 Å². The van der Waals surface area contributed by atoms with Crippen LogP contribution in [0.4, 0.5) is 0 Å². The number of rotatable bonds is 0. The first-order valence-electron chi connectivity index (χ1n) is 6.47. The molecule has 0 aromatic carbocycles. The lowest BCUT2D eigenvalue weighted by atomic mass is 10.9. The van der Waals surface area contributed by atoms with Crippen LogP contribution in [0.2, 0.25) is 0 Å². The molecule has 0 aromatic heterocycles. The lowest BCUT2D eigenvalue weighted by Gasteiger charge is -2.01. The summed E-state index contributed by atoms with van der Waals surface area (Å²) in [4.78, 5) is 0. The van der Waals surface area contributed by atoms with Crippen molar-refractivity contribution in [3.8, 4) is 0 Å². The van der Waals surface area contributed by atoms with Gasteiger partial charge in [0.2, 0.25) is 3.79 Å². The van der Waals surface area contributed by atoms with Gasteiger partial charge in [0.05, 0.1) is 6.61 Å². The number of hydrogen-bond acceptors (Lipinski definition) is 1. The molecule has 246 valence electrons. The molecule has 0 rings (SSSR count). The summed E-state index contributed by atoms with van der Waals surface area (Å²) in [7, 11) is 0. The van der Waals surface area contributed by atoms with Crippen molar-refractivity contribution < 1.29 is 5.11 Å². The van der Waals surface area contributed by atoms with E-state index in [0.717, 1.165) is 0 Å². The molecule has 0 spiro atoms. The number of hydrogen-bond donors (Lipinski definition) is 1. The molecule has 1 N–H and O–H groups in total. The fraction of sp³-hybridized carbons (Fsp3) is 1.00. The summed E-state index contributed by atoms with van der Waals surface area (Å²) in [6.07, 6.45) is 0. The molecule has 28 heteroatoms. The fourth-order valence-corrected chi connectivity index (χ4v) is 0. The molecule has 0 amide bonds. The lowest BCUT2D eigenvalue weighted by molar-refractivity contribution is 0.303. The van der Waals surface area contributed by atoms with Crippen LogP contribution in [0, 0.1) is 0 Å². The molecule has 0 saturated carbocycles. The van der Waals surface area contributed by atoms with Crippen LogP contribution in [0.25, 0.3) is 0 Å². The van der Waals surface area contributed by atoms with Gasteiger partial charge in [-0.05, 0) is 0 Å². The van der Waals surface area contributed by atoms with Gasteiger partial charge in [-0.2, -0.15) is 0 Å². The largest absolute Gasteiger partial charge is 0.392 e. The number of halogens is 27. The van der Waals surface area contributed by atoms with Crippen LogP contribution in [0.1, 0.15) is 0 Å². The van der Waals surface area contributed by atoms with Crippen LogP contribution >= 0.6 is 313 Å². The van der Waals surface area contributed by atoms with Crippen LogP contribution in [-0.4, -0.2) is 49.9 Å². The summed E-state index contributed by atoms with van der Waals surface area (Å²) < 4.78 is -7.49. The highest BCUT2D eigenvalue weighted by molar-refractivity contribution is 6.68. The molecule has 0 bridgehead atoms. The van der Waals surface area contributed by atoms with Crippen LogP contribution in [0.15, 0.2) is 0 Å². The monoisotopic (exact) mass is 1090 g/mol. The maximum Gasteiger partial charge on any atom is 0.213 e. The third-order valence-corrected chi connectivity index (χ3v) is 0.538. The Bertz CT molecular complexity index is 225. The van der Waals surface area contributed by atoms with Crippen molar-refractivity contribution in [1.82, 2.24) is 0 Å². The second kappa shape index (κ2) is 57.1. The zero-order chi connectivity index (χ0) is 33.8. The molecule has 0 radical (unpaired) electrons. The first-order chi connectivity index (χ1) is 16.4. The van der Waals surface area contributed by atoms with E-state index in [1.807, 2.05) is 0 Å². The maximum absolute atomic E-state index is 8.01. The number of aliphatic hydroxyl groups excluding tert-OH is 1. The third-order valence-electron chi connectivity index (χ3n) is 0.179. The average Bonchev–Trinajstić information content (AvgIpc) is 2.49. The zero-order valence-electron chi connectivity index (χ0n) is 16.5. The van der Waals surface area contributed by atoms with Gasteiger partial charge < -0.3 is 5.11 Å². The lowest BCUT2D eigenvalue weighted by Crippen LogP contribution is -2.06. The van der Waals surface area contributed by atoms with E-state index in [1.165, 1.54) is 0 Å². The molecule has 0 fully saturated rings. The van der Waals surface area contributed by atoms with Crippen LogP contribution in [0.5, 0.6) is 0 Å². The van der Waals surface area contributed by atoms with E-state index < -0.39 is 44.8 Å². The van der Waals surface area contributed by atoms with Crippen LogP contribution in [-0.2, 0) is 0 Å². The average molecular weight is 1100 g/mol. The third kappa shape index (κ3) is 689. The quantitative estimate of drug-likeness (QED) is 0.240. The molecule has 1 nitrogen and oxygen atoms in total. The van der Waals surface area contributed by atoms with Gasteiger partial charge in [-0.25, -0.2) is 0 Å². The minimum Gasteiger partial charge on any atom is -0.392 e. The molecule has 0 atom stereocenters. The molecule has 0 heterocycles. The summed E-state index contributed by atoms with van der Waals surface area (Å²) in [5.41, 5.74) is 0. The fourth-order valence-electron chi connectivity index (χ4n) is 0. The van der Waals surface area contributed by atoms with Crippen molar-refractivity contribution in [2.45, 2.75) is 38.2 Å². The predicted molar refractivity (Wildman–Crippen MR) is 198 cm³/mol. The molecule has 38 heavy (non-hydrogen) atoms. The van der Waals surface area contributed by atoms with Gasteiger partial charge in [0.15, 0.2) is 34.4 Å². The van der Waals surface area contributed by atoms with E-state index >= 15 is 0 Å². The Labute approximate surface area is 357 Å². The Morgan fingerprint density at radius 2 is 0.316 bits per heavy atom. The van der Waals surface area contributed by atoms with Gasteiger partial charge in [0, 0.05) is 0 Å². The minimum absolute atomic E-state index is 0.433. The Kier molecular flexibility index (Phi) is 102. The van der Waals surface area contributed by atoms with Crippen LogP contribution < -0.4 is 0 Å². The highest BCUT2D eigenvalue weighted by atomic mass is 35.6. The molecule has 0 aliphatic rings. The molecule has 0 unspecified atom stereocenters. The molecular formula is C10H11Cl27O. The minimum atomic E-state index is -1.49. The van der Waals surface area contributed by atoms with Crippen molar-refractivity contribution in [3.05, 3.63) is 0 Å². The Balaban J connectivity index is -0.0000000357. The number of alkyl halides is 27. The molecule has 0 aromatic rings. The zero-order valence-corrected chi connectivity index (χ0v) is 36.9. The van der Waals surface area contributed by atoms with Gasteiger partial charge in [-0.1, -0.05) is 313 Å². The topological polar surface area (TPSA) is 20.2 Å². The molecule has 0 aliphatic carbocycles. The predicted octanol–water partition coefficient (Wildman–Crippen LogP) is 17.2. The summed E-state index contributed by atoms with van der Waals surface area (Å²) in [6, 6.07) is 0. The Morgan fingerprint density at radius 3 is 0.316 bits per heavy atom. The SMILES string of the molecule is ClC(Cl)Cl.ClC(Cl)Cl.ClC(Cl)Cl.ClC(Cl)Cl.ClC(Cl)Cl.ClC(Cl)Cl.ClC(Cl)Cl.ClC(Cl)Cl.OCC(Cl)(Cl)Cl. The smallest absolute Gasteiger partial charge is 0.213 e. The first-order valence-corrected chi connectivity index (χ1v) is 18.1. The highest BCUT2D eigenvalue weighted by Crippen LogP contribution is 2.23. The van der Waals surface area contributed by atoms with E-state index in [0.29, 0.717) is 0 Å². The molecule has 0 saturated heterocycles. The van der Waals surface area contributed by atoms with Gasteiger partial charge >= 0.3 is 0 Å². The Morgan fingerprint density at radius 1 is 0.289 bits per heavy atom. The standard InChI is InChI=1S/C2H3Cl3O.8CHCl3/c3-2(4,5)1-6;8*2-1(3)4/h6H,1H2;8*1H. The Hall–Kier alpha value is 7.79. The normalized spacial score (nSPS) is 9.47. The molecule has 0 aliphatic heterocycles. The second-order valence-electron chi connectivity index (χ2n) is 2.75. The number of aliphatic hydroxyl groups is 1. The second-order valence-corrected chi connectivity index (χ2v) is 21.1. The van der Waals surface area contributed by atoms with Crippen molar-refractivity contribution in [2.24, 2.45) is 0 Å².